The minimum Gasteiger partial charge on any atom is -0.399 e. The van der Waals surface area contributed by atoms with Crippen LogP contribution in [-0.2, 0) is 31.7 Å². The first-order chi connectivity index (χ1) is 17.7. The molecule has 202 valence electrons. The SMILES string of the molecule is CC(C)n1cc(B2OC(C)(C)C(C)(Cn3cc(B4OC(C)(C)C(C)(C)O4)c[n+]3Cc3cccnc3)O2)cn1. The lowest BCUT2D eigenvalue weighted by Gasteiger charge is -2.35. The highest BCUT2D eigenvalue weighted by atomic mass is 16.7. The highest BCUT2D eigenvalue weighted by molar-refractivity contribution is 6.62. The van der Waals surface area contributed by atoms with Crippen molar-refractivity contribution in [3.63, 3.8) is 0 Å². The van der Waals surface area contributed by atoms with Crippen LogP contribution < -0.4 is 15.6 Å². The molecule has 2 saturated heterocycles. The molecule has 2 aliphatic heterocycles. The molecule has 3 aromatic heterocycles. The third-order valence-corrected chi connectivity index (χ3v) is 8.45. The molecule has 0 saturated carbocycles. The van der Waals surface area contributed by atoms with Crippen LogP contribution in [0.25, 0.3) is 0 Å². The Morgan fingerprint density at radius 3 is 2.13 bits per heavy atom. The van der Waals surface area contributed by atoms with Crippen LogP contribution in [0.5, 0.6) is 0 Å². The van der Waals surface area contributed by atoms with Gasteiger partial charge in [-0.2, -0.15) is 9.78 Å². The van der Waals surface area contributed by atoms with E-state index < -0.39 is 36.6 Å². The van der Waals surface area contributed by atoms with Crippen molar-refractivity contribution in [2.24, 2.45) is 0 Å². The monoisotopic (exact) mass is 520 g/mol. The molecule has 0 N–H and O–H groups in total. The Kier molecular flexibility index (Phi) is 6.66. The van der Waals surface area contributed by atoms with E-state index in [1.165, 1.54) is 0 Å². The second-order valence-corrected chi connectivity index (χ2v) is 12.6. The van der Waals surface area contributed by atoms with E-state index in [0.29, 0.717) is 13.1 Å². The molecule has 11 heteroatoms. The summed E-state index contributed by atoms with van der Waals surface area (Å²) in [5.41, 5.74) is 0.964. The predicted molar refractivity (Wildman–Crippen MR) is 146 cm³/mol. The number of hydrogen-bond donors (Lipinski definition) is 0. The zero-order valence-electron chi connectivity index (χ0n) is 24.1. The molecule has 0 radical (unpaired) electrons. The molecule has 0 bridgehead atoms. The van der Waals surface area contributed by atoms with Gasteiger partial charge in [0.1, 0.15) is 12.1 Å². The molecular weight excluding hydrogens is 480 g/mol. The van der Waals surface area contributed by atoms with Gasteiger partial charge in [-0.1, -0.05) is 0 Å². The molecule has 2 aliphatic rings. The zero-order valence-corrected chi connectivity index (χ0v) is 24.1. The van der Waals surface area contributed by atoms with E-state index in [4.69, 9.17) is 18.6 Å². The average molecular weight is 520 g/mol. The molecule has 0 aliphatic carbocycles. The van der Waals surface area contributed by atoms with Crippen LogP contribution in [0, 0.1) is 0 Å². The second-order valence-electron chi connectivity index (χ2n) is 12.6. The molecule has 2 fully saturated rings. The minimum absolute atomic E-state index is 0.268. The number of hydrogen-bond acceptors (Lipinski definition) is 6. The van der Waals surface area contributed by atoms with Crippen molar-refractivity contribution in [2.45, 2.75) is 104 Å². The van der Waals surface area contributed by atoms with Crippen molar-refractivity contribution in [1.82, 2.24) is 19.4 Å². The third-order valence-electron chi connectivity index (χ3n) is 8.45. The largest absolute Gasteiger partial charge is 0.502 e. The van der Waals surface area contributed by atoms with Gasteiger partial charge in [-0.05, 0) is 74.4 Å². The predicted octanol–water partition coefficient (Wildman–Crippen LogP) is 2.28. The van der Waals surface area contributed by atoms with Gasteiger partial charge in [0.15, 0.2) is 12.7 Å². The molecule has 1 atom stereocenters. The lowest BCUT2D eigenvalue weighted by atomic mass is 9.81. The van der Waals surface area contributed by atoms with Gasteiger partial charge in [0, 0.05) is 41.9 Å². The first kappa shape index (κ1) is 27.1. The Bertz CT molecular complexity index is 1270. The normalized spacial score (nSPS) is 24.1. The number of rotatable bonds is 7. The van der Waals surface area contributed by atoms with E-state index in [1.807, 2.05) is 29.3 Å². The van der Waals surface area contributed by atoms with Crippen molar-refractivity contribution in [2.75, 3.05) is 0 Å². The van der Waals surface area contributed by atoms with E-state index in [9.17, 15) is 0 Å². The quantitative estimate of drug-likeness (QED) is 0.352. The summed E-state index contributed by atoms with van der Waals surface area (Å²) in [4.78, 5) is 4.31. The smallest absolute Gasteiger partial charge is 0.399 e. The number of aromatic nitrogens is 5. The summed E-state index contributed by atoms with van der Waals surface area (Å²) in [6, 6.07) is 4.30. The van der Waals surface area contributed by atoms with Crippen LogP contribution in [0.3, 0.4) is 0 Å². The fraction of sp³-hybridized carbons (Fsp3) is 0.593. The summed E-state index contributed by atoms with van der Waals surface area (Å²) < 4.78 is 32.2. The van der Waals surface area contributed by atoms with Gasteiger partial charge >= 0.3 is 14.2 Å². The fourth-order valence-electron chi connectivity index (χ4n) is 4.80. The van der Waals surface area contributed by atoms with E-state index >= 15 is 0 Å². The van der Waals surface area contributed by atoms with Crippen LogP contribution in [0.2, 0.25) is 0 Å². The number of nitrogens with zero attached hydrogens (tertiary/aromatic N) is 5. The topological polar surface area (TPSA) is 76.4 Å². The molecule has 0 aromatic carbocycles. The van der Waals surface area contributed by atoms with Crippen LogP contribution >= 0.6 is 0 Å². The van der Waals surface area contributed by atoms with E-state index in [0.717, 1.165) is 16.5 Å². The lowest BCUT2D eigenvalue weighted by Crippen LogP contribution is -2.53. The number of pyridine rings is 1. The van der Waals surface area contributed by atoms with Crippen LogP contribution in [-0.4, -0.2) is 56.1 Å². The lowest BCUT2D eigenvalue weighted by molar-refractivity contribution is -0.769. The van der Waals surface area contributed by atoms with Gasteiger partial charge in [0.05, 0.1) is 28.5 Å². The highest BCUT2D eigenvalue weighted by Gasteiger charge is 2.57. The second kappa shape index (κ2) is 9.33. The molecule has 9 nitrogen and oxygen atoms in total. The minimum atomic E-state index is -0.624. The highest BCUT2D eigenvalue weighted by Crippen LogP contribution is 2.39. The molecule has 5 heterocycles. The molecule has 5 rings (SSSR count). The van der Waals surface area contributed by atoms with Gasteiger partial charge in [0.25, 0.3) is 0 Å². The van der Waals surface area contributed by atoms with Crippen LogP contribution in [0.4, 0.5) is 0 Å². The first-order valence-corrected chi connectivity index (χ1v) is 13.4. The van der Waals surface area contributed by atoms with E-state index in [1.54, 1.807) is 6.20 Å². The van der Waals surface area contributed by atoms with Gasteiger partial charge in [-0.25, -0.2) is 0 Å². The summed E-state index contributed by atoms with van der Waals surface area (Å²) >= 11 is 0. The Hall–Kier alpha value is -2.46. The fourth-order valence-corrected chi connectivity index (χ4v) is 4.80. The first-order valence-electron chi connectivity index (χ1n) is 13.4. The Morgan fingerprint density at radius 2 is 1.53 bits per heavy atom. The summed E-state index contributed by atoms with van der Waals surface area (Å²) in [6.45, 7) is 20.0. The summed E-state index contributed by atoms with van der Waals surface area (Å²) in [6.07, 6.45) is 11.7. The van der Waals surface area contributed by atoms with E-state index in [2.05, 4.69) is 100 Å². The van der Waals surface area contributed by atoms with Crippen molar-refractivity contribution in [3.05, 3.63) is 54.9 Å². The molecule has 38 heavy (non-hydrogen) atoms. The molecular formula is C27H40B2N5O4+. The Balaban J connectivity index is 1.45. The van der Waals surface area contributed by atoms with Crippen molar-refractivity contribution in [3.8, 4) is 0 Å². The third kappa shape index (κ3) is 4.85. The maximum atomic E-state index is 6.67. The van der Waals surface area contributed by atoms with Gasteiger partial charge in [-0.3, -0.25) is 9.67 Å². The van der Waals surface area contributed by atoms with Crippen molar-refractivity contribution >= 4 is 25.2 Å². The summed E-state index contributed by atoms with van der Waals surface area (Å²) in [5, 5.41) is 4.49. The van der Waals surface area contributed by atoms with Crippen LogP contribution in [0.15, 0.2) is 49.3 Å². The van der Waals surface area contributed by atoms with Crippen LogP contribution in [0.1, 0.15) is 73.9 Å². The van der Waals surface area contributed by atoms with Gasteiger partial charge in [-0.15, -0.1) is 4.68 Å². The maximum Gasteiger partial charge on any atom is 0.502 e. The summed E-state index contributed by atoms with van der Waals surface area (Å²) in [7, 11) is -0.954. The summed E-state index contributed by atoms with van der Waals surface area (Å²) in [5.74, 6) is 0. The van der Waals surface area contributed by atoms with Crippen molar-refractivity contribution in [1.29, 1.82) is 0 Å². The Morgan fingerprint density at radius 1 is 0.868 bits per heavy atom. The molecule has 0 amide bonds. The van der Waals surface area contributed by atoms with Crippen molar-refractivity contribution < 1.29 is 23.3 Å². The molecule has 0 spiro atoms. The zero-order chi connectivity index (χ0) is 27.5. The maximum absolute atomic E-state index is 6.67. The van der Waals surface area contributed by atoms with Gasteiger partial charge < -0.3 is 18.6 Å². The average Bonchev–Trinajstić information content (AvgIpc) is 3.55. The van der Waals surface area contributed by atoms with E-state index in [-0.39, 0.29) is 6.04 Å². The molecule has 3 aromatic rings. The van der Waals surface area contributed by atoms with Gasteiger partial charge in [0.2, 0.25) is 0 Å². The molecule has 1 unspecified atom stereocenters. The standard InChI is InChI=1S/C27H40B2N5O4/c1-20(2)34-18-22(14-31-34)28-37-26(7,8)27(9,38-28)19-33-17-23(29-35-24(3,4)25(5,6)36-29)16-32(33)15-21-11-10-12-30-13-21/h10-14,16-18,20H,15,19H2,1-9H3/q+1. The Labute approximate surface area is 226 Å².